The molecule has 52 heavy (non-hydrogen) atoms. The van der Waals surface area contributed by atoms with E-state index in [2.05, 4.69) is 17.4 Å². The molecule has 2 atom stereocenters. The van der Waals surface area contributed by atoms with Gasteiger partial charge < -0.3 is 35.5 Å². The number of anilines is 2. The van der Waals surface area contributed by atoms with Gasteiger partial charge in [0.25, 0.3) is 11.8 Å². The van der Waals surface area contributed by atoms with E-state index in [0.717, 1.165) is 44.8 Å². The largest absolute Gasteiger partial charge is 0.481 e. The number of aliphatic hydroxyl groups is 2. The minimum Gasteiger partial charge on any atom is -0.481 e. The molecular formula is C41H43N3O8. The molecule has 4 aromatic carbocycles. The Morgan fingerprint density at radius 1 is 0.635 bits per heavy atom. The number of carbonyl (C=O) groups is 4. The lowest BCUT2D eigenvalue weighted by Crippen LogP contribution is -2.29. The van der Waals surface area contributed by atoms with Crippen molar-refractivity contribution in [3.05, 3.63) is 118 Å². The molecule has 2 aliphatic rings. The summed E-state index contributed by atoms with van der Waals surface area (Å²) >= 11 is 0. The van der Waals surface area contributed by atoms with Crippen molar-refractivity contribution in [1.82, 2.24) is 5.32 Å². The predicted molar refractivity (Wildman–Crippen MR) is 197 cm³/mol. The van der Waals surface area contributed by atoms with Crippen LogP contribution in [0.2, 0.25) is 0 Å². The number of hydrogen-bond acceptors (Lipinski definition) is 7. The molecule has 2 aliphatic heterocycles. The van der Waals surface area contributed by atoms with Crippen LogP contribution >= 0.6 is 0 Å². The lowest BCUT2D eigenvalue weighted by molar-refractivity contribution is -0.140. The number of amides is 2. The number of nitrogens with one attached hydrogen (secondary N) is 1. The maximum absolute atomic E-state index is 13.7. The van der Waals surface area contributed by atoms with Gasteiger partial charge in [0.2, 0.25) is 0 Å². The number of carboxylic acids is 2. The number of rotatable bonds is 15. The van der Waals surface area contributed by atoms with Gasteiger partial charge in [-0.15, -0.1) is 0 Å². The van der Waals surface area contributed by atoms with Gasteiger partial charge in [0.1, 0.15) is 0 Å². The van der Waals surface area contributed by atoms with Gasteiger partial charge >= 0.3 is 11.9 Å². The molecule has 0 aliphatic carbocycles. The molecule has 0 unspecified atom stereocenters. The Bertz CT molecular complexity index is 1800. The molecule has 11 nitrogen and oxygen atoms in total. The first-order chi connectivity index (χ1) is 25.1. The van der Waals surface area contributed by atoms with Gasteiger partial charge in [-0.2, -0.15) is 0 Å². The van der Waals surface area contributed by atoms with Crippen molar-refractivity contribution in [3.63, 3.8) is 0 Å². The van der Waals surface area contributed by atoms with Crippen LogP contribution < -0.4 is 15.1 Å². The lowest BCUT2D eigenvalue weighted by Gasteiger charge is -2.20. The molecule has 4 aromatic rings. The van der Waals surface area contributed by atoms with Crippen LogP contribution in [0.5, 0.6) is 0 Å². The smallest absolute Gasteiger partial charge is 0.306 e. The van der Waals surface area contributed by atoms with E-state index in [0.29, 0.717) is 62.9 Å². The Kier molecular flexibility index (Phi) is 11.4. The standard InChI is InChI=1S/C41H43N3O8/c45-30(22-38(47)48)5-1-4-26-10-14-28(15-11-26)40(51)43-20-18-34-32(6-2-8-36(34)43)33-7-3-9-37-35(33)19-21-44(37)41(52)29-16-12-27(13-17-29)24-42-25-31(46)23-39(49)50/h2-3,6-17,30-31,42,45-46H,1,4-5,18-25H2,(H,47,48)(H,49,50)/t30-,31+/m1/s1. The molecule has 0 bridgehead atoms. The highest BCUT2D eigenvalue weighted by molar-refractivity contribution is 6.09. The van der Waals surface area contributed by atoms with Crippen molar-refractivity contribution in [2.45, 2.75) is 63.7 Å². The van der Waals surface area contributed by atoms with E-state index in [4.69, 9.17) is 10.2 Å². The third-order valence-corrected chi connectivity index (χ3v) is 9.77. The molecule has 5 N–H and O–H groups in total. The van der Waals surface area contributed by atoms with Gasteiger partial charge in [-0.25, -0.2) is 0 Å². The summed E-state index contributed by atoms with van der Waals surface area (Å²) in [5.74, 6) is -2.24. The van der Waals surface area contributed by atoms with Gasteiger partial charge in [-0.3, -0.25) is 19.2 Å². The zero-order chi connectivity index (χ0) is 36.8. The summed E-state index contributed by atoms with van der Waals surface area (Å²) in [5, 5.41) is 40.3. The fraction of sp³-hybridized carbons (Fsp3) is 0.317. The Morgan fingerprint density at radius 2 is 1.12 bits per heavy atom. The molecule has 0 saturated carbocycles. The molecule has 270 valence electrons. The summed E-state index contributed by atoms with van der Waals surface area (Å²) in [5.41, 5.74) is 9.15. The van der Waals surface area contributed by atoms with E-state index in [-0.39, 0.29) is 31.2 Å². The molecule has 0 aromatic heterocycles. The Labute approximate surface area is 302 Å². The van der Waals surface area contributed by atoms with E-state index in [1.54, 1.807) is 12.1 Å². The second-order valence-corrected chi connectivity index (χ2v) is 13.4. The quantitative estimate of drug-likeness (QED) is 0.116. The minimum absolute atomic E-state index is 0.0769. The molecule has 2 heterocycles. The topological polar surface area (TPSA) is 168 Å². The first-order valence-electron chi connectivity index (χ1n) is 17.6. The summed E-state index contributed by atoms with van der Waals surface area (Å²) in [6, 6.07) is 26.8. The van der Waals surface area contributed by atoms with Gasteiger partial charge in [-0.05, 0) is 102 Å². The normalized spacial score (nSPS) is 14.5. The number of carboxylic acid groups (broad SMARTS) is 2. The van der Waals surface area contributed by atoms with Crippen LogP contribution in [0.15, 0.2) is 84.9 Å². The Morgan fingerprint density at radius 3 is 1.62 bits per heavy atom. The number of hydrogen-bond donors (Lipinski definition) is 5. The number of fused-ring (bicyclic) bond motifs is 2. The third-order valence-electron chi connectivity index (χ3n) is 9.77. The maximum Gasteiger partial charge on any atom is 0.306 e. The SMILES string of the molecule is O=C(O)C[C@H](O)CCCc1ccc(C(=O)N2CCc3c(-c4cccc5c4CCN5C(=O)c4ccc(CNC[C@@H](O)CC(=O)O)cc4)cccc32)cc1. The zero-order valence-corrected chi connectivity index (χ0v) is 28.8. The van der Waals surface area contributed by atoms with Crippen molar-refractivity contribution in [2.24, 2.45) is 0 Å². The summed E-state index contributed by atoms with van der Waals surface area (Å²) in [6.07, 6.45) is 0.725. The van der Waals surface area contributed by atoms with Gasteiger partial charge in [0, 0.05) is 48.7 Å². The average Bonchev–Trinajstić information content (AvgIpc) is 3.76. The first-order valence-corrected chi connectivity index (χ1v) is 17.6. The van der Waals surface area contributed by atoms with E-state index < -0.39 is 24.1 Å². The van der Waals surface area contributed by atoms with E-state index >= 15 is 0 Å². The second-order valence-electron chi connectivity index (χ2n) is 13.4. The lowest BCUT2D eigenvalue weighted by atomic mass is 9.93. The fourth-order valence-electron chi connectivity index (χ4n) is 7.19. The van der Waals surface area contributed by atoms with Crippen molar-refractivity contribution < 1.29 is 39.6 Å². The molecular weight excluding hydrogens is 662 g/mol. The Hall–Kier alpha value is -5.36. The van der Waals surface area contributed by atoms with Crippen LogP contribution in [0.4, 0.5) is 11.4 Å². The van der Waals surface area contributed by atoms with Crippen LogP contribution in [0.1, 0.15) is 68.7 Å². The third kappa shape index (κ3) is 8.39. The number of aryl methyl sites for hydroxylation is 1. The van der Waals surface area contributed by atoms with Gasteiger partial charge in [-0.1, -0.05) is 48.5 Å². The van der Waals surface area contributed by atoms with Gasteiger partial charge in [0.05, 0.1) is 25.0 Å². The monoisotopic (exact) mass is 705 g/mol. The molecule has 0 spiro atoms. The summed E-state index contributed by atoms with van der Waals surface area (Å²) in [7, 11) is 0. The first kappa shape index (κ1) is 36.4. The zero-order valence-electron chi connectivity index (χ0n) is 28.8. The Balaban J connectivity index is 1.12. The highest BCUT2D eigenvalue weighted by atomic mass is 16.4. The highest BCUT2D eigenvalue weighted by Gasteiger charge is 2.31. The molecule has 6 rings (SSSR count). The number of aliphatic hydroxyl groups excluding tert-OH is 2. The van der Waals surface area contributed by atoms with Crippen molar-refractivity contribution in [2.75, 3.05) is 29.4 Å². The summed E-state index contributed by atoms with van der Waals surface area (Å²) in [6.45, 7) is 1.70. The predicted octanol–water partition coefficient (Wildman–Crippen LogP) is 4.84. The molecule has 0 radical (unpaired) electrons. The van der Waals surface area contributed by atoms with E-state index in [1.165, 1.54) is 0 Å². The van der Waals surface area contributed by atoms with Crippen molar-refractivity contribution in [1.29, 1.82) is 0 Å². The van der Waals surface area contributed by atoms with Crippen LogP contribution in [-0.4, -0.2) is 76.0 Å². The highest BCUT2D eigenvalue weighted by Crippen LogP contribution is 2.42. The fourth-order valence-corrected chi connectivity index (χ4v) is 7.19. The summed E-state index contributed by atoms with van der Waals surface area (Å²) < 4.78 is 0. The minimum atomic E-state index is -1.05. The number of carbonyl (C=O) groups excluding carboxylic acids is 2. The molecule has 11 heteroatoms. The average molecular weight is 706 g/mol. The van der Waals surface area contributed by atoms with Crippen LogP contribution in [0, 0.1) is 0 Å². The van der Waals surface area contributed by atoms with Gasteiger partial charge in [0.15, 0.2) is 0 Å². The van der Waals surface area contributed by atoms with Crippen LogP contribution in [0.25, 0.3) is 11.1 Å². The second kappa shape index (κ2) is 16.3. The molecule has 0 saturated heterocycles. The van der Waals surface area contributed by atoms with Crippen LogP contribution in [-0.2, 0) is 35.4 Å². The molecule has 2 amide bonds. The van der Waals surface area contributed by atoms with Crippen LogP contribution in [0.3, 0.4) is 0 Å². The van der Waals surface area contributed by atoms with Crippen molar-refractivity contribution >= 4 is 35.1 Å². The number of benzene rings is 4. The molecule has 0 fully saturated rings. The van der Waals surface area contributed by atoms with E-state index in [9.17, 15) is 29.4 Å². The number of aliphatic carboxylic acids is 2. The van der Waals surface area contributed by atoms with E-state index in [1.807, 2.05) is 70.5 Å². The maximum atomic E-state index is 13.7. The summed E-state index contributed by atoms with van der Waals surface area (Å²) in [4.78, 5) is 52.6. The van der Waals surface area contributed by atoms with Crippen molar-refractivity contribution in [3.8, 4) is 11.1 Å². The number of nitrogens with zero attached hydrogens (tertiary/aromatic N) is 2.